The molecule has 0 heterocycles. The number of anilines is 1. The van der Waals surface area contributed by atoms with Crippen LogP contribution < -0.4 is 10.7 Å². The Hall–Kier alpha value is -2.49. The lowest BCUT2D eigenvalue weighted by molar-refractivity contribution is -0.104. The van der Waals surface area contributed by atoms with E-state index in [4.69, 9.17) is 5.41 Å². The van der Waals surface area contributed by atoms with Crippen LogP contribution in [0.1, 0.15) is 24.0 Å². The molecule has 4 nitrogen and oxygen atoms in total. The molecule has 0 aliphatic rings. The van der Waals surface area contributed by atoms with Gasteiger partial charge in [0, 0.05) is 12.2 Å². The van der Waals surface area contributed by atoms with E-state index in [1.165, 1.54) is 11.8 Å². The van der Waals surface area contributed by atoms with E-state index in [9.17, 15) is 4.91 Å². The summed E-state index contributed by atoms with van der Waals surface area (Å²) in [5.74, 6) is 0. The van der Waals surface area contributed by atoms with Gasteiger partial charge in [-0.3, -0.25) is 5.41 Å². The van der Waals surface area contributed by atoms with Crippen molar-refractivity contribution in [3.05, 3.63) is 64.6 Å². The molecule has 0 radical (unpaired) electrons. The van der Waals surface area contributed by atoms with Gasteiger partial charge in [-0.05, 0) is 48.2 Å². The van der Waals surface area contributed by atoms with Crippen LogP contribution in [0.15, 0.2) is 53.7 Å². The molecule has 2 aromatic carbocycles. The minimum absolute atomic E-state index is 0.410. The standard InChI is InChI=1S/C17H19N3O/c18-13-15-9-10-16(20-21)12-17(15)19-11-5-4-8-14-6-2-1-3-7-14/h1-3,6-7,9-10,12-13,18-19H,4-5,8,11H2/p+1. The first-order valence-corrected chi connectivity index (χ1v) is 7.13. The molecule has 0 aliphatic carbocycles. The van der Waals surface area contributed by atoms with E-state index < -0.39 is 0 Å². The summed E-state index contributed by atoms with van der Waals surface area (Å²) >= 11 is 0. The zero-order chi connectivity index (χ0) is 14.9. The molecule has 108 valence electrons. The van der Waals surface area contributed by atoms with Gasteiger partial charge in [-0.1, -0.05) is 30.3 Å². The lowest BCUT2D eigenvalue weighted by Gasteiger charge is -2.08. The van der Waals surface area contributed by atoms with Gasteiger partial charge < -0.3 is 5.32 Å². The van der Waals surface area contributed by atoms with Crippen LogP contribution in [0.4, 0.5) is 11.4 Å². The Bertz CT molecular complexity index is 596. The molecular formula is C17H20N3O+. The highest BCUT2D eigenvalue weighted by atomic mass is 16.3. The van der Waals surface area contributed by atoms with Crippen molar-refractivity contribution in [2.75, 3.05) is 11.9 Å². The van der Waals surface area contributed by atoms with Crippen LogP contribution in [-0.4, -0.2) is 12.8 Å². The van der Waals surface area contributed by atoms with Gasteiger partial charge in [-0.15, -0.1) is 4.91 Å². The number of nitrogens with two attached hydrogens (primary N) is 1. The van der Waals surface area contributed by atoms with Crippen LogP contribution in [0.5, 0.6) is 0 Å². The van der Waals surface area contributed by atoms with E-state index in [1.807, 2.05) is 6.07 Å². The van der Waals surface area contributed by atoms with Crippen molar-refractivity contribution in [2.24, 2.45) is 5.18 Å². The smallest absolute Gasteiger partial charge is 0.169 e. The summed E-state index contributed by atoms with van der Waals surface area (Å²) in [5, 5.41) is 11.8. The molecule has 0 fully saturated rings. The van der Waals surface area contributed by atoms with Crippen molar-refractivity contribution in [3.8, 4) is 0 Å². The van der Waals surface area contributed by atoms with Crippen molar-refractivity contribution in [1.29, 1.82) is 0 Å². The number of nitrogens with one attached hydrogen (secondary N) is 1. The second-order valence-corrected chi connectivity index (χ2v) is 4.90. The van der Waals surface area contributed by atoms with E-state index in [1.54, 1.807) is 18.2 Å². The fraction of sp³-hybridized carbons (Fsp3) is 0.235. The van der Waals surface area contributed by atoms with Crippen molar-refractivity contribution in [1.82, 2.24) is 0 Å². The quantitative estimate of drug-likeness (QED) is 0.444. The fourth-order valence-electron chi connectivity index (χ4n) is 2.22. The largest absolute Gasteiger partial charge is 0.384 e. The Labute approximate surface area is 124 Å². The fourth-order valence-corrected chi connectivity index (χ4v) is 2.22. The number of hydrogen-bond acceptors (Lipinski definition) is 3. The predicted molar refractivity (Wildman–Crippen MR) is 86.9 cm³/mol. The van der Waals surface area contributed by atoms with Crippen molar-refractivity contribution < 1.29 is 5.41 Å². The first-order chi connectivity index (χ1) is 10.3. The van der Waals surface area contributed by atoms with Crippen LogP contribution in [0.3, 0.4) is 0 Å². The Morgan fingerprint density at radius 2 is 1.90 bits per heavy atom. The maximum absolute atomic E-state index is 10.6. The van der Waals surface area contributed by atoms with Crippen molar-refractivity contribution >= 4 is 17.6 Å². The predicted octanol–water partition coefficient (Wildman–Crippen LogP) is 2.70. The Morgan fingerprint density at radius 1 is 1.10 bits per heavy atom. The first kappa shape index (κ1) is 14.9. The summed E-state index contributed by atoms with van der Waals surface area (Å²) in [7, 11) is 0. The van der Waals surface area contributed by atoms with Crippen LogP contribution in [0.25, 0.3) is 0 Å². The van der Waals surface area contributed by atoms with Gasteiger partial charge in [0.15, 0.2) is 6.21 Å². The van der Waals surface area contributed by atoms with Gasteiger partial charge in [0.2, 0.25) is 0 Å². The molecule has 0 spiro atoms. The normalized spacial score (nSPS) is 10.1. The van der Waals surface area contributed by atoms with Crippen LogP contribution in [0.2, 0.25) is 0 Å². The Balaban J connectivity index is 1.80. The third-order valence-electron chi connectivity index (χ3n) is 3.37. The summed E-state index contributed by atoms with van der Waals surface area (Å²) in [5.41, 5.74) is 3.51. The van der Waals surface area contributed by atoms with Crippen molar-refractivity contribution in [2.45, 2.75) is 19.3 Å². The average molecular weight is 282 g/mol. The van der Waals surface area contributed by atoms with E-state index in [-0.39, 0.29) is 0 Å². The third-order valence-corrected chi connectivity index (χ3v) is 3.37. The summed E-state index contributed by atoms with van der Waals surface area (Å²) < 4.78 is 0. The van der Waals surface area contributed by atoms with Gasteiger partial charge in [0.05, 0.1) is 5.56 Å². The summed E-state index contributed by atoms with van der Waals surface area (Å²) in [6.07, 6.45) is 4.77. The average Bonchev–Trinajstić information content (AvgIpc) is 2.55. The molecule has 2 aromatic rings. The molecule has 0 bridgehead atoms. The molecule has 3 N–H and O–H groups in total. The number of rotatable bonds is 8. The SMILES string of the molecule is [NH2+]=Cc1ccc(N=O)cc1NCCCCc1ccccc1. The molecule has 0 saturated heterocycles. The van der Waals surface area contributed by atoms with Gasteiger partial charge in [-0.2, -0.15) is 0 Å². The molecular weight excluding hydrogens is 262 g/mol. The minimum atomic E-state index is 0.410. The van der Waals surface area contributed by atoms with Crippen LogP contribution in [0, 0.1) is 4.91 Å². The van der Waals surface area contributed by atoms with E-state index in [0.717, 1.165) is 37.1 Å². The maximum Gasteiger partial charge on any atom is 0.169 e. The second-order valence-electron chi connectivity index (χ2n) is 4.90. The number of nitrogens with zero attached hydrogens (tertiary/aromatic N) is 1. The zero-order valence-electron chi connectivity index (χ0n) is 12.0. The van der Waals surface area contributed by atoms with E-state index in [2.05, 4.69) is 34.8 Å². The molecule has 4 heteroatoms. The molecule has 0 aliphatic heterocycles. The number of hydrogen-bond donors (Lipinski definition) is 2. The number of aryl methyl sites for hydroxylation is 1. The minimum Gasteiger partial charge on any atom is -0.384 e. The molecule has 21 heavy (non-hydrogen) atoms. The third kappa shape index (κ3) is 4.53. The number of benzene rings is 2. The highest BCUT2D eigenvalue weighted by Gasteiger charge is 2.03. The van der Waals surface area contributed by atoms with Gasteiger partial charge in [0.1, 0.15) is 5.69 Å². The van der Waals surface area contributed by atoms with Crippen LogP contribution in [-0.2, 0) is 6.42 Å². The molecule has 0 saturated carbocycles. The molecule has 0 aromatic heterocycles. The zero-order valence-corrected chi connectivity index (χ0v) is 12.0. The van der Waals surface area contributed by atoms with Crippen LogP contribution >= 0.6 is 0 Å². The monoisotopic (exact) mass is 282 g/mol. The van der Waals surface area contributed by atoms with E-state index in [0.29, 0.717) is 5.69 Å². The van der Waals surface area contributed by atoms with E-state index >= 15 is 0 Å². The Kier molecular flexibility index (Phi) is 5.64. The lowest BCUT2D eigenvalue weighted by Crippen LogP contribution is -2.30. The van der Waals surface area contributed by atoms with Crippen molar-refractivity contribution in [3.63, 3.8) is 0 Å². The summed E-state index contributed by atoms with van der Waals surface area (Å²) in [6, 6.07) is 15.6. The number of nitroso groups, excluding NO2 is 1. The number of unbranched alkanes of at least 4 members (excludes halogenated alkanes) is 1. The molecule has 0 amide bonds. The highest BCUT2D eigenvalue weighted by Crippen LogP contribution is 2.21. The summed E-state index contributed by atoms with van der Waals surface area (Å²) in [4.78, 5) is 10.6. The topological polar surface area (TPSA) is 67.0 Å². The molecule has 0 unspecified atom stereocenters. The molecule has 0 atom stereocenters. The highest BCUT2D eigenvalue weighted by molar-refractivity contribution is 5.85. The second kappa shape index (κ2) is 7.94. The lowest BCUT2D eigenvalue weighted by atomic mass is 10.1. The molecule has 2 rings (SSSR count). The summed E-state index contributed by atoms with van der Waals surface area (Å²) in [6.45, 7) is 0.843. The van der Waals surface area contributed by atoms with Gasteiger partial charge in [-0.25, -0.2) is 0 Å². The van der Waals surface area contributed by atoms with Gasteiger partial charge in [0.25, 0.3) is 0 Å². The Morgan fingerprint density at radius 3 is 2.62 bits per heavy atom. The maximum atomic E-state index is 10.6. The first-order valence-electron chi connectivity index (χ1n) is 7.13. The van der Waals surface area contributed by atoms with Gasteiger partial charge >= 0.3 is 0 Å².